The number of amides is 1. The van der Waals surface area contributed by atoms with Crippen LogP contribution in [0.3, 0.4) is 0 Å². The van der Waals surface area contributed by atoms with Gasteiger partial charge in [-0.1, -0.05) is 23.5 Å². The standard InChI is InChI=1S/C17H22N4OS/c22-16(19-17-18-14-5-1-2-6-15(14)23-17)12-20-10-7-13(11-20)21-8-3-4-9-21/h1-2,5-6,13H,3-4,7-12H2,(H,18,19,22). The van der Waals surface area contributed by atoms with Gasteiger partial charge in [0.2, 0.25) is 5.91 Å². The molecule has 0 spiro atoms. The lowest BCUT2D eigenvalue weighted by Crippen LogP contribution is -2.37. The lowest BCUT2D eigenvalue weighted by molar-refractivity contribution is -0.117. The van der Waals surface area contributed by atoms with Crippen LogP contribution in [0.25, 0.3) is 10.2 Å². The highest BCUT2D eigenvalue weighted by Crippen LogP contribution is 2.25. The fraction of sp³-hybridized carbons (Fsp3) is 0.529. The summed E-state index contributed by atoms with van der Waals surface area (Å²) in [5, 5.41) is 3.66. The Morgan fingerprint density at radius 3 is 2.91 bits per heavy atom. The predicted molar refractivity (Wildman–Crippen MR) is 93.9 cm³/mol. The third kappa shape index (κ3) is 3.39. The first kappa shape index (κ1) is 15.1. The molecule has 2 saturated heterocycles. The maximum atomic E-state index is 12.3. The van der Waals surface area contributed by atoms with Crippen LogP contribution in [0.2, 0.25) is 0 Å². The molecule has 2 fully saturated rings. The molecule has 122 valence electrons. The number of aromatic nitrogens is 1. The number of hydrogen-bond donors (Lipinski definition) is 1. The average Bonchev–Trinajstić information content (AvgIpc) is 3.26. The molecule has 0 saturated carbocycles. The van der Waals surface area contributed by atoms with Crippen LogP contribution >= 0.6 is 11.3 Å². The fourth-order valence-electron chi connectivity index (χ4n) is 3.65. The monoisotopic (exact) mass is 330 g/mol. The number of likely N-dealkylation sites (tertiary alicyclic amines) is 2. The number of fused-ring (bicyclic) bond motifs is 1. The molecule has 5 nitrogen and oxygen atoms in total. The summed E-state index contributed by atoms with van der Waals surface area (Å²) in [6, 6.07) is 8.62. The van der Waals surface area contributed by atoms with E-state index in [1.165, 1.54) is 43.7 Å². The third-order valence-corrected chi connectivity index (χ3v) is 5.76. The van der Waals surface area contributed by atoms with E-state index in [4.69, 9.17) is 0 Å². The Hall–Kier alpha value is -1.50. The summed E-state index contributed by atoms with van der Waals surface area (Å²) in [4.78, 5) is 21.6. The van der Waals surface area contributed by atoms with Gasteiger partial charge in [-0.3, -0.25) is 14.6 Å². The summed E-state index contributed by atoms with van der Waals surface area (Å²) in [7, 11) is 0. The first-order valence-electron chi connectivity index (χ1n) is 8.40. The minimum absolute atomic E-state index is 0.0473. The van der Waals surface area contributed by atoms with Gasteiger partial charge in [-0.25, -0.2) is 4.98 Å². The number of rotatable bonds is 4. The Bertz CT molecular complexity index is 662. The highest BCUT2D eigenvalue weighted by atomic mass is 32.1. The van der Waals surface area contributed by atoms with Crippen molar-refractivity contribution in [3.63, 3.8) is 0 Å². The Kier molecular flexibility index (Phi) is 4.29. The number of carbonyl (C=O) groups excluding carboxylic acids is 1. The van der Waals surface area contributed by atoms with E-state index in [1.54, 1.807) is 0 Å². The molecule has 1 aromatic carbocycles. The van der Waals surface area contributed by atoms with Gasteiger partial charge < -0.3 is 5.32 Å². The van der Waals surface area contributed by atoms with E-state index < -0.39 is 0 Å². The van der Waals surface area contributed by atoms with Crippen molar-refractivity contribution in [2.24, 2.45) is 0 Å². The van der Waals surface area contributed by atoms with Crippen molar-refractivity contribution in [1.29, 1.82) is 0 Å². The molecule has 0 radical (unpaired) electrons. The van der Waals surface area contributed by atoms with Crippen LogP contribution in [0, 0.1) is 0 Å². The van der Waals surface area contributed by atoms with Crippen molar-refractivity contribution < 1.29 is 4.79 Å². The molecule has 1 amide bonds. The van der Waals surface area contributed by atoms with Gasteiger partial charge >= 0.3 is 0 Å². The Labute approximate surface area is 140 Å². The van der Waals surface area contributed by atoms with Crippen LogP contribution in [0.15, 0.2) is 24.3 Å². The second kappa shape index (κ2) is 6.55. The quantitative estimate of drug-likeness (QED) is 0.935. The Morgan fingerprint density at radius 2 is 2.09 bits per heavy atom. The Balaban J connectivity index is 1.31. The molecule has 1 atom stereocenters. The first-order valence-corrected chi connectivity index (χ1v) is 9.21. The van der Waals surface area contributed by atoms with Crippen molar-refractivity contribution in [2.75, 3.05) is 38.0 Å². The molecule has 2 aromatic rings. The zero-order chi connectivity index (χ0) is 15.6. The number of nitrogens with zero attached hydrogens (tertiary/aromatic N) is 3. The van der Waals surface area contributed by atoms with E-state index in [0.717, 1.165) is 23.3 Å². The maximum Gasteiger partial charge on any atom is 0.240 e. The van der Waals surface area contributed by atoms with Gasteiger partial charge in [-0.2, -0.15) is 0 Å². The molecular formula is C17H22N4OS. The number of nitrogens with one attached hydrogen (secondary N) is 1. The number of carbonyl (C=O) groups is 1. The molecular weight excluding hydrogens is 308 g/mol. The topological polar surface area (TPSA) is 48.5 Å². The zero-order valence-electron chi connectivity index (χ0n) is 13.2. The van der Waals surface area contributed by atoms with Gasteiger partial charge in [-0.15, -0.1) is 0 Å². The molecule has 1 aromatic heterocycles. The van der Waals surface area contributed by atoms with Gasteiger partial charge in [0.05, 0.1) is 16.8 Å². The van der Waals surface area contributed by atoms with E-state index in [1.807, 2.05) is 24.3 Å². The fourth-order valence-corrected chi connectivity index (χ4v) is 4.53. The summed E-state index contributed by atoms with van der Waals surface area (Å²) in [6.45, 7) is 4.98. The smallest absolute Gasteiger partial charge is 0.240 e. The van der Waals surface area contributed by atoms with Crippen molar-refractivity contribution in [1.82, 2.24) is 14.8 Å². The molecule has 2 aliphatic heterocycles. The minimum atomic E-state index is 0.0473. The zero-order valence-corrected chi connectivity index (χ0v) is 14.0. The van der Waals surface area contributed by atoms with Gasteiger partial charge in [0, 0.05) is 19.1 Å². The summed E-state index contributed by atoms with van der Waals surface area (Å²) in [5.74, 6) is 0.0473. The summed E-state index contributed by atoms with van der Waals surface area (Å²) in [5.41, 5.74) is 0.947. The van der Waals surface area contributed by atoms with E-state index in [9.17, 15) is 4.79 Å². The highest BCUT2D eigenvalue weighted by molar-refractivity contribution is 7.22. The second-order valence-corrected chi connectivity index (χ2v) is 7.49. The van der Waals surface area contributed by atoms with Crippen LogP contribution in [-0.2, 0) is 4.79 Å². The maximum absolute atomic E-state index is 12.3. The average molecular weight is 330 g/mol. The van der Waals surface area contributed by atoms with E-state index in [2.05, 4.69) is 20.1 Å². The molecule has 4 rings (SSSR count). The van der Waals surface area contributed by atoms with Gasteiger partial charge in [0.1, 0.15) is 0 Å². The Morgan fingerprint density at radius 1 is 1.26 bits per heavy atom. The van der Waals surface area contributed by atoms with Crippen molar-refractivity contribution >= 4 is 32.6 Å². The van der Waals surface area contributed by atoms with Crippen LogP contribution < -0.4 is 5.32 Å². The summed E-state index contributed by atoms with van der Waals surface area (Å²) in [6.07, 6.45) is 3.84. The molecule has 1 unspecified atom stereocenters. The predicted octanol–water partition coefficient (Wildman–Crippen LogP) is 2.40. The SMILES string of the molecule is O=C(CN1CCC(N2CCCC2)C1)Nc1nc2ccccc2s1. The van der Waals surface area contributed by atoms with E-state index >= 15 is 0 Å². The molecule has 2 aliphatic rings. The van der Waals surface area contributed by atoms with E-state index in [0.29, 0.717) is 17.7 Å². The van der Waals surface area contributed by atoms with E-state index in [-0.39, 0.29) is 5.91 Å². The number of benzene rings is 1. The van der Waals surface area contributed by atoms with Gasteiger partial charge in [0.25, 0.3) is 0 Å². The molecule has 0 aliphatic carbocycles. The van der Waals surface area contributed by atoms with Crippen molar-refractivity contribution in [2.45, 2.75) is 25.3 Å². The normalized spacial score (nSPS) is 22.9. The lowest BCUT2D eigenvalue weighted by atomic mass is 10.2. The third-order valence-electron chi connectivity index (χ3n) is 4.81. The number of thiazole rings is 1. The van der Waals surface area contributed by atoms with Crippen LogP contribution in [-0.4, -0.2) is 59.5 Å². The van der Waals surface area contributed by atoms with Crippen molar-refractivity contribution in [3.05, 3.63) is 24.3 Å². The number of hydrogen-bond acceptors (Lipinski definition) is 5. The lowest BCUT2D eigenvalue weighted by Gasteiger charge is -2.23. The van der Waals surface area contributed by atoms with Crippen LogP contribution in [0.5, 0.6) is 0 Å². The minimum Gasteiger partial charge on any atom is -0.301 e. The number of anilines is 1. The first-order chi connectivity index (χ1) is 11.3. The summed E-state index contributed by atoms with van der Waals surface area (Å²) < 4.78 is 1.11. The summed E-state index contributed by atoms with van der Waals surface area (Å²) >= 11 is 1.53. The molecule has 0 bridgehead atoms. The van der Waals surface area contributed by atoms with Gasteiger partial charge in [0.15, 0.2) is 5.13 Å². The number of para-hydroxylation sites is 1. The van der Waals surface area contributed by atoms with Crippen molar-refractivity contribution in [3.8, 4) is 0 Å². The molecule has 6 heteroatoms. The molecule has 3 heterocycles. The molecule has 1 N–H and O–H groups in total. The molecule has 23 heavy (non-hydrogen) atoms. The largest absolute Gasteiger partial charge is 0.301 e. The second-order valence-electron chi connectivity index (χ2n) is 6.46. The van der Waals surface area contributed by atoms with Crippen LogP contribution in [0.4, 0.5) is 5.13 Å². The van der Waals surface area contributed by atoms with Crippen LogP contribution in [0.1, 0.15) is 19.3 Å². The highest BCUT2D eigenvalue weighted by Gasteiger charge is 2.30. The van der Waals surface area contributed by atoms with Gasteiger partial charge in [-0.05, 0) is 44.5 Å².